The highest BCUT2D eigenvalue weighted by atomic mass is 16.5. The van der Waals surface area contributed by atoms with Gasteiger partial charge in [0.2, 0.25) is 0 Å². The Kier molecular flexibility index (Phi) is 7.67. The fourth-order valence-corrected chi connectivity index (χ4v) is 4.13. The Balaban J connectivity index is 1.78. The SMILES string of the molecule is CCCN1CC(CCC(=O)OC)CC(NCC2CCCC2)C1. The minimum Gasteiger partial charge on any atom is -0.469 e. The zero-order valence-corrected chi connectivity index (χ0v) is 14.5. The van der Waals surface area contributed by atoms with E-state index in [1.165, 1.54) is 65.3 Å². The van der Waals surface area contributed by atoms with Crippen molar-refractivity contribution < 1.29 is 9.53 Å². The van der Waals surface area contributed by atoms with Gasteiger partial charge < -0.3 is 15.0 Å². The van der Waals surface area contributed by atoms with Crippen LogP contribution in [0, 0.1) is 11.8 Å². The van der Waals surface area contributed by atoms with E-state index in [0.717, 1.165) is 18.9 Å². The number of carbonyl (C=O) groups is 1. The molecule has 0 bridgehead atoms. The van der Waals surface area contributed by atoms with Crippen LogP contribution in [0.3, 0.4) is 0 Å². The van der Waals surface area contributed by atoms with Gasteiger partial charge in [-0.3, -0.25) is 4.79 Å². The van der Waals surface area contributed by atoms with Crippen molar-refractivity contribution in [3.8, 4) is 0 Å². The maximum Gasteiger partial charge on any atom is 0.305 e. The minimum atomic E-state index is -0.0666. The van der Waals surface area contributed by atoms with Crippen molar-refractivity contribution in [2.24, 2.45) is 11.8 Å². The summed E-state index contributed by atoms with van der Waals surface area (Å²) in [5.74, 6) is 1.46. The van der Waals surface area contributed by atoms with Crippen LogP contribution in [0.15, 0.2) is 0 Å². The van der Waals surface area contributed by atoms with Crippen molar-refractivity contribution in [1.29, 1.82) is 0 Å². The molecule has 4 nitrogen and oxygen atoms in total. The lowest BCUT2D eigenvalue weighted by Gasteiger charge is -2.38. The lowest BCUT2D eigenvalue weighted by molar-refractivity contribution is -0.141. The van der Waals surface area contributed by atoms with E-state index in [9.17, 15) is 4.79 Å². The van der Waals surface area contributed by atoms with E-state index in [4.69, 9.17) is 4.74 Å². The number of rotatable bonds is 8. The standard InChI is InChI=1S/C18H34N2O2/c1-3-10-20-13-16(8-9-18(21)22-2)11-17(14-20)19-12-15-6-4-5-7-15/h15-17,19H,3-14H2,1-2H3. The smallest absolute Gasteiger partial charge is 0.305 e. The normalized spacial score (nSPS) is 27.2. The zero-order chi connectivity index (χ0) is 15.8. The fraction of sp³-hybridized carbons (Fsp3) is 0.944. The number of hydrogen-bond acceptors (Lipinski definition) is 4. The molecule has 0 aromatic rings. The fourth-order valence-electron chi connectivity index (χ4n) is 4.13. The first-order valence-electron chi connectivity index (χ1n) is 9.23. The topological polar surface area (TPSA) is 41.6 Å². The van der Waals surface area contributed by atoms with Gasteiger partial charge in [-0.15, -0.1) is 0 Å². The average molecular weight is 310 g/mol. The summed E-state index contributed by atoms with van der Waals surface area (Å²) in [6.45, 7) is 6.94. The number of ether oxygens (including phenoxy) is 1. The highest BCUT2D eigenvalue weighted by molar-refractivity contribution is 5.69. The predicted octanol–water partition coefficient (Wildman–Crippen LogP) is 2.82. The number of nitrogens with zero attached hydrogens (tertiary/aromatic N) is 1. The maximum absolute atomic E-state index is 11.4. The van der Waals surface area contributed by atoms with E-state index in [-0.39, 0.29) is 5.97 Å². The Hall–Kier alpha value is -0.610. The zero-order valence-electron chi connectivity index (χ0n) is 14.5. The maximum atomic E-state index is 11.4. The summed E-state index contributed by atoms with van der Waals surface area (Å²) in [5, 5.41) is 3.83. The number of esters is 1. The summed E-state index contributed by atoms with van der Waals surface area (Å²) in [6.07, 6.45) is 9.60. The molecule has 4 heteroatoms. The van der Waals surface area contributed by atoms with Crippen molar-refractivity contribution in [2.75, 3.05) is 33.3 Å². The van der Waals surface area contributed by atoms with Gasteiger partial charge >= 0.3 is 5.97 Å². The molecule has 0 radical (unpaired) electrons. The number of likely N-dealkylation sites (tertiary alicyclic amines) is 1. The van der Waals surface area contributed by atoms with Crippen LogP contribution in [-0.4, -0.2) is 50.2 Å². The van der Waals surface area contributed by atoms with Crippen LogP contribution in [0.25, 0.3) is 0 Å². The second-order valence-corrected chi connectivity index (χ2v) is 7.23. The van der Waals surface area contributed by atoms with Crippen molar-refractivity contribution >= 4 is 5.97 Å². The molecule has 2 fully saturated rings. The van der Waals surface area contributed by atoms with Crippen LogP contribution in [0.5, 0.6) is 0 Å². The third-order valence-corrected chi connectivity index (χ3v) is 5.31. The van der Waals surface area contributed by atoms with Gasteiger partial charge in [-0.05, 0) is 57.0 Å². The average Bonchev–Trinajstić information content (AvgIpc) is 3.04. The van der Waals surface area contributed by atoms with Gasteiger partial charge in [-0.25, -0.2) is 0 Å². The first-order chi connectivity index (χ1) is 10.7. The molecule has 0 amide bonds. The van der Waals surface area contributed by atoms with Gasteiger partial charge in [0.1, 0.15) is 0 Å². The summed E-state index contributed by atoms with van der Waals surface area (Å²) < 4.78 is 4.79. The molecule has 0 spiro atoms. The molecule has 22 heavy (non-hydrogen) atoms. The lowest BCUT2D eigenvalue weighted by atomic mass is 9.90. The first kappa shape index (κ1) is 17.7. The number of nitrogens with one attached hydrogen (secondary N) is 1. The minimum absolute atomic E-state index is 0.0666. The van der Waals surface area contributed by atoms with E-state index in [0.29, 0.717) is 18.4 Å². The van der Waals surface area contributed by atoms with Crippen LogP contribution < -0.4 is 5.32 Å². The lowest BCUT2D eigenvalue weighted by Crippen LogP contribution is -2.50. The summed E-state index contributed by atoms with van der Waals surface area (Å²) >= 11 is 0. The largest absolute Gasteiger partial charge is 0.469 e. The molecular formula is C18H34N2O2. The molecule has 1 aliphatic carbocycles. The van der Waals surface area contributed by atoms with Gasteiger partial charge in [-0.2, -0.15) is 0 Å². The Labute approximate surface area is 136 Å². The molecule has 2 aliphatic rings. The molecule has 2 atom stereocenters. The van der Waals surface area contributed by atoms with E-state index in [2.05, 4.69) is 17.1 Å². The monoisotopic (exact) mass is 310 g/mol. The van der Waals surface area contributed by atoms with Crippen LogP contribution in [0.2, 0.25) is 0 Å². The predicted molar refractivity (Wildman–Crippen MR) is 89.8 cm³/mol. The summed E-state index contributed by atoms with van der Waals surface area (Å²) in [5.41, 5.74) is 0. The molecule has 1 aliphatic heterocycles. The molecule has 128 valence electrons. The van der Waals surface area contributed by atoms with Crippen LogP contribution in [0.1, 0.15) is 58.3 Å². The van der Waals surface area contributed by atoms with Crippen LogP contribution in [0.4, 0.5) is 0 Å². The van der Waals surface area contributed by atoms with Gasteiger partial charge in [0.15, 0.2) is 0 Å². The molecule has 2 rings (SSSR count). The quantitative estimate of drug-likeness (QED) is 0.700. The Morgan fingerprint density at radius 3 is 2.68 bits per heavy atom. The summed E-state index contributed by atoms with van der Waals surface area (Å²) in [4.78, 5) is 14.0. The summed E-state index contributed by atoms with van der Waals surface area (Å²) in [7, 11) is 1.48. The molecule has 0 aromatic heterocycles. The summed E-state index contributed by atoms with van der Waals surface area (Å²) in [6, 6.07) is 0.601. The first-order valence-corrected chi connectivity index (χ1v) is 9.23. The van der Waals surface area contributed by atoms with E-state index in [1.807, 2.05) is 0 Å². The number of piperidine rings is 1. The van der Waals surface area contributed by atoms with Crippen molar-refractivity contribution in [2.45, 2.75) is 64.3 Å². The third kappa shape index (κ3) is 5.88. The Bertz CT molecular complexity index is 329. The molecule has 1 heterocycles. The van der Waals surface area contributed by atoms with Crippen LogP contribution >= 0.6 is 0 Å². The molecule has 2 unspecified atom stereocenters. The van der Waals surface area contributed by atoms with E-state index >= 15 is 0 Å². The van der Waals surface area contributed by atoms with Crippen LogP contribution in [-0.2, 0) is 9.53 Å². The van der Waals surface area contributed by atoms with Crippen molar-refractivity contribution in [1.82, 2.24) is 10.2 Å². The second kappa shape index (κ2) is 9.51. The van der Waals surface area contributed by atoms with Gasteiger partial charge in [0, 0.05) is 25.6 Å². The molecule has 1 saturated heterocycles. The third-order valence-electron chi connectivity index (χ3n) is 5.31. The van der Waals surface area contributed by atoms with E-state index in [1.54, 1.807) is 0 Å². The molecule has 1 N–H and O–H groups in total. The second-order valence-electron chi connectivity index (χ2n) is 7.23. The van der Waals surface area contributed by atoms with Gasteiger partial charge in [0.25, 0.3) is 0 Å². The van der Waals surface area contributed by atoms with E-state index < -0.39 is 0 Å². The van der Waals surface area contributed by atoms with Crippen molar-refractivity contribution in [3.05, 3.63) is 0 Å². The van der Waals surface area contributed by atoms with Crippen molar-refractivity contribution in [3.63, 3.8) is 0 Å². The Morgan fingerprint density at radius 1 is 1.23 bits per heavy atom. The number of carbonyl (C=O) groups excluding carboxylic acids is 1. The molecular weight excluding hydrogens is 276 g/mol. The number of methoxy groups -OCH3 is 1. The van der Waals surface area contributed by atoms with Gasteiger partial charge in [0.05, 0.1) is 7.11 Å². The Morgan fingerprint density at radius 2 is 2.00 bits per heavy atom. The molecule has 1 saturated carbocycles. The molecule has 0 aromatic carbocycles. The highest BCUT2D eigenvalue weighted by Gasteiger charge is 2.27. The highest BCUT2D eigenvalue weighted by Crippen LogP contribution is 2.25. The van der Waals surface area contributed by atoms with Gasteiger partial charge in [-0.1, -0.05) is 19.8 Å². The number of hydrogen-bond donors (Lipinski definition) is 1.